The minimum atomic E-state index is -0.106. The summed E-state index contributed by atoms with van der Waals surface area (Å²) in [4.78, 5) is 11.5. The van der Waals surface area contributed by atoms with Gasteiger partial charge in [-0.15, -0.1) is 0 Å². The Kier molecular flexibility index (Phi) is 4.45. The van der Waals surface area contributed by atoms with Crippen LogP contribution in [-0.4, -0.2) is 25.2 Å². The maximum atomic E-state index is 11.5. The molecule has 18 heavy (non-hydrogen) atoms. The maximum absolute atomic E-state index is 11.5. The molecule has 0 saturated carbocycles. The second kappa shape index (κ2) is 6.28. The van der Waals surface area contributed by atoms with Gasteiger partial charge in [0.05, 0.1) is 6.54 Å². The van der Waals surface area contributed by atoms with Crippen LogP contribution in [0.4, 0.5) is 0 Å². The smallest absolute Gasteiger partial charge is 0.220 e. The molecule has 2 rings (SSSR count). The van der Waals surface area contributed by atoms with E-state index in [1.807, 2.05) is 24.3 Å². The van der Waals surface area contributed by atoms with E-state index in [0.717, 1.165) is 24.3 Å². The lowest BCUT2D eigenvalue weighted by Crippen LogP contribution is -2.40. The van der Waals surface area contributed by atoms with E-state index in [9.17, 15) is 4.79 Å². The van der Waals surface area contributed by atoms with Gasteiger partial charge in [0.15, 0.2) is 11.5 Å². The molecule has 0 aromatic heterocycles. The summed E-state index contributed by atoms with van der Waals surface area (Å²) in [6.45, 7) is 3.05. The molecule has 1 amide bonds. The molecule has 4 heteroatoms. The van der Waals surface area contributed by atoms with E-state index in [4.69, 9.17) is 9.47 Å². The third kappa shape index (κ3) is 3.39. The second-order valence-corrected chi connectivity index (χ2v) is 4.41. The van der Waals surface area contributed by atoms with Gasteiger partial charge in [0.2, 0.25) is 5.91 Å². The van der Waals surface area contributed by atoms with Gasteiger partial charge in [-0.1, -0.05) is 25.5 Å². The van der Waals surface area contributed by atoms with Crippen molar-refractivity contribution < 1.29 is 14.3 Å². The normalized spacial score (nSPS) is 17.3. The van der Waals surface area contributed by atoms with Crippen LogP contribution in [0.3, 0.4) is 0 Å². The molecule has 0 radical (unpaired) electrons. The summed E-state index contributed by atoms with van der Waals surface area (Å²) in [5.41, 5.74) is 0. The summed E-state index contributed by atoms with van der Waals surface area (Å²) in [6, 6.07) is 7.57. The van der Waals surface area contributed by atoms with Gasteiger partial charge in [-0.05, 0) is 18.6 Å². The molecule has 1 N–H and O–H groups in total. The first kappa shape index (κ1) is 12.7. The van der Waals surface area contributed by atoms with Gasteiger partial charge in [-0.2, -0.15) is 0 Å². The van der Waals surface area contributed by atoms with E-state index in [1.54, 1.807) is 0 Å². The van der Waals surface area contributed by atoms with Crippen molar-refractivity contribution in [1.82, 2.24) is 5.32 Å². The molecule has 1 unspecified atom stereocenters. The first-order valence-electron chi connectivity index (χ1n) is 6.44. The summed E-state index contributed by atoms with van der Waals surface area (Å²) < 4.78 is 11.3. The van der Waals surface area contributed by atoms with E-state index in [2.05, 4.69) is 12.2 Å². The maximum Gasteiger partial charge on any atom is 0.220 e. The number of rotatable bonds is 5. The van der Waals surface area contributed by atoms with Gasteiger partial charge in [0.25, 0.3) is 0 Å². The molecule has 1 atom stereocenters. The predicted octanol–water partition coefficient (Wildman–Crippen LogP) is 2.13. The zero-order valence-electron chi connectivity index (χ0n) is 10.6. The van der Waals surface area contributed by atoms with Crippen molar-refractivity contribution >= 4 is 5.91 Å². The number of unbranched alkanes of at least 4 members (excludes halogenated alkanes) is 1. The summed E-state index contributed by atoms with van der Waals surface area (Å²) in [5, 5.41) is 2.87. The third-order valence-electron chi connectivity index (χ3n) is 2.85. The van der Waals surface area contributed by atoms with E-state index in [-0.39, 0.29) is 12.0 Å². The van der Waals surface area contributed by atoms with Gasteiger partial charge < -0.3 is 14.8 Å². The highest BCUT2D eigenvalue weighted by Gasteiger charge is 2.20. The van der Waals surface area contributed by atoms with Crippen LogP contribution < -0.4 is 14.8 Å². The highest BCUT2D eigenvalue weighted by atomic mass is 16.6. The lowest BCUT2D eigenvalue weighted by atomic mass is 10.2. The Hall–Kier alpha value is -1.71. The molecule has 1 aromatic rings. The van der Waals surface area contributed by atoms with Crippen LogP contribution in [0, 0.1) is 0 Å². The van der Waals surface area contributed by atoms with Crippen molar-refractivity contribution in [3.63, 3.8) is 0 Å². The van der Waals surface area contributed by atoms with Crippen LogP contribution in [0.2, 0.25) is 0 Å². The molecule has 1 aliphatic rings. The predicted molar refractivity (Wildman–Crippen MR) is 68.9 cm³/mol. The lowest BCUT2D eigenvalue weighted by Gasteiger charge is -2.26. The van der Waals surface area contributed by atoms with Gasteiger partial charge in [0, 0.05) is 6.42 Å². The molecule has 4 nitrogen and oxygen atoms in total. The number of benzene rings is 1. The fourth-order valence-electron chi connectivity index (χ4n) is 1.82. The molecule has 0 aliphatic carbocycles. The summed E-state index contributed by atoms with van der Waals surface area (Å²) >= 11 is 0. The number of ether oxygens (including phenoxy) is 2. The Labute approximate surface area is 107 Å². The standard InChI is InChI=1S/C14H19NO3/c1-2-3-8-14(16)15-9-11-10-17-12-6-4-5-7-13(12)18-11/h4-7,11H,2-3,8-10H2,1H3,(H,15,16). The number of para-hydroxylation sites is 2. The first-order valence-corrected chi connectivity index (χ1v) is 6.44. The van der Waals surface area contributed by atoms with Gasteiger partial charge >= 0.3 is 0 Å². The SMILES string of the molecule is CCCCC(=O)NCC1COc2ccccc2O1. The van der Waals surface area contributed by atoms with E-state index in [1.165, 1.54) is 0 Å². The number of nitrogens with one attached hydrogen (secondary N) is 1. The minimum absolute atomic E-state index is 0.0827. The topological polar surface area (TPSA) is 47.6 Å². The highest BCUT2D eigenvalue weighted by Crippen LogP contribution is 2.30. The molecule has 0 fully saturated rings. The van der Waals surface area contributed by atoms with Crippen LogP contribution in [-0.2, 0) is 4.79 Å². The Balaban J connectivity index is 1.78. The van der Waals surface area contributed by atoms with Crippen LogP contribution >= 0.6 is 0 Å². The Morgan fingerprint density at radius 2 is 2.17 bits per heavy atom. The Morgan fingerprint density at radius 3 is 2.94 bits per heavy atom. The zero-order chi connectivity index (χ0) is 12.8. The van der Waals surface area contributed by atoms with Gasteiger partial charge in [0.1, 0.15) is 12.7 Å². The Bertz CT molecular complexity index is 406. The molecular weight excluding hydrogens is 230 g/mol. The van der Waals surface area contributed by atoms with E-state index >= 15 is 0 Å². The lowest BCUT2D eigenvalue weighted by molar-refractivity contribution is -0.121. The first-order chi connectivity index (χ1) is 8.79. The molecular formula is C14H19NO3. The molecule has 98 valence electrons. The zero-order valence-corrected chi connectivity index (χ0v) is 10.6. The van der Waals surface area contributed by atoms with Crippen LogP contribution in [0.1, 0.15) is 26.2 Å². The molecule has 1 aliphatic heterocycles. The van der Waals surface area contributed by atoms with Crippen molar-refractivity contribution in [2.24, 2.45) is 0 Å². The molecule has 0 bridgehead atoms. The van der Waals surface area contributed by atoms with Crippen LogP contribution in [0.25, 0.3) is 0 Å². The quantitative estimate of drug-likeness (QED) is 0.869. The minimum Gasteiger partial charge on any atom is -0.486 e. The summed E-state index contributed by atoms with van der Waals surface area (Å²) in [6.07, 6.45) is 2.44. The average molecular weight is 249 g/mol. The van der Waals surface area contributed by atoms with Crippen molar-refractivity contribution in [2.45, 2.75) is 32.3 Å². The van der Waals surface area contributed by atoms with Gasteiger partial charge in [-0.25, -0.2) is 0 Å². The molecule has 1 aromatic carbocycles. The molecule has 0 saturated heterocycles. The largest absolute Gasteiger partial charge is 0.486 e. The second-order valence-electron chi connectivity index (χ2n) is 4.41. The monoisotopic (exact) mass is 249 g/mol. The summed E-state index contributed by atoms with van der Waals surface area (Å²) in [5.74, 6) is 1.60. The van der Waals surface area contributed by atoms with Crippen molar-refractivity contribution in [3.8, 4) is 11.5 Å². The number of carbonyl (C=O) groups excluding carboxylic acids is 1. The fraction of sp³-hybridized carbons (Fsp3) is 0.500. The van der Waals surface area contributed by atoms with E-state index < -0.39 is 0 Å². The Morgan fingerprint density at radius 1 is 1.39 bits per heavy atom. The van der Waals surface area contributed by atoms with Crippen LogP contribution in [0.5, 0.6) is 11.5 Å². The fourth-order valence-corrected chi connectivity index (χ4v) is 1.82. The highest BCUT2D eigenvalue weighted by molar-refractivity contribution is 5.75. The molecule has 1 heterocycles. The number of amides is 1. The van der Waals surface area contributed by atoms with Crippen molar-refractivity contribution in [3.05, 3.63) is 24.3 Å². The number of hydrogen-bond donors (Lipinski definition) is 1. The van der Waals surface area contributed by atoms with Crippen LogP contribution in [0.15, 0.2) is 24.3 Å². The number of fused-ring (bicyclic) bond motifs is 1. The summed E-state index contributed by atoms with van der Waals surface area (Å²) in [7, 11) is 0. The van der Waals surface area contributed by atoms with Gasteiger partial charge in [-0.3, -0.25) is 4.79 Å². The number of hydrogen-bond acceptors (Lipinski definition) is 3. The number of carbonyl (C=O) groups is 1. The third-order valence-corrected chi connectivity index (χ3v) is 2.85. The van der Waals surface area contributed by atoms with E-state index in [0.29, 0.717) is 19.6 Å². The van der Waals surface area contributed by atoms with Crippen molar-refractivity contribution in [1.29, 1.82) is 0 Å². The van der Waals surface area contributed by atoms with Crippen molar-refractivity contribution in [2.75, 3.05) is 13.2 Å². The average Bonchev–Trinajstić information content (AvgIpc) is 2.42. The molecule has 0 spiro atoms.